The zero-order chi connectivity index (χ0) is 22.8. The van der Waals surface area contributed by atoms with Gasteiger partial charge >= 0.3 is 6.18 Å². The monoisotopic (exact) mass is 438 g/mol. The number of carbonyl (C=O) groups is 1. The van der Waals surface area contributed by atoms with E-state index in [1.165, 1.54) is 12.8 Å². The lowest BCUT2D eigenvalue weighted by Crippen LogP contribution is -2.35. The lowest BCUT2D eigenvalue weighted by molar-refractivity contribution is -0.183. The molecule has 2 saturated carbocycles. The SMILES string of the molecule is C=Nc1cc(C(=O)NCC2CCC(C(F)(F)F)CC2)c(N(C)CC2(C)CC2)cc1NC. The molecule has 31 heavy (non-hydrogen) atoms. The van der Waals surface area contributed by atoms with Crippen LogP contribution in [0, 0.1) is 17.3 Å². The fourth-order valence-corrected chi connectivity index (χ4v) is 4.46. The van der Waals surface area contributed by atoms with E-state index in [4.69, 9.17) is 0 Å². The van der Waals surface area contributed by atoms with Gasteiger partial charge in [0.2, 0.25) is 0 Å². The number of halogens is 3. The summed E-state index contributed by atoms with van der Waals surface area (Å²) in [7, 11) is 3.78. The average molecular weight is 439 g/mol. The van der Waals surface area contributed by atoms with Crippen molar-refractivity contribution in [2.24, 2.45) is 22.2 Å². The Labute approximate surface area is 182 Å². The third kappa shape index (κ3) is 5.71. The Bertz CT molecular complexity index is 812. The summed E-state index contributed by atoms with van der Waals surface area (Å²) in [6.07, 6.45) is -0.540. The maximum absolute atomic E-state index is 13.1. The van der Waals surface area contributed by atoms with Gasteiger partial charge in [-0.3, -0.25) is 9.79 Å². The highest BCUT2D eigenvalue weighted by Gasteiger charge is 2.41. The molecule has 8 heteroatoms. The third-order valence-electron chi connectivity index (χ3n) is 6.79. The predicted molar refractivity (Wildman–Crippen MR) is 120 cm³/mol. The number of nitrogens with zero attached hydrogens (tertiary/aromatic N) is 2. The van der Waals surface area contributed by atoms with Crippen LogP contribution >= 0.6 is 0 Å². The average Bonchev–Trinajstić information content (AvgIpc) is 3.46. The molecule has 0 aromatic heterocycles. The summed E-state index contributed by atoms with van der Waals surface area (Å²) in [5.74, 6) is -1.37. The summed E-state index contributed by atoms with van der Waals surface area (Å²) < 4.78 is 38.7. The lowest BCUT2D eigenvalue weighted by Gasteiger charge is -2.30. The van der Waals surface area contributed by atoms with Crippen LogP contribution in [0.4, 0.5) is 30.2 Å². The van der Waals surface area contributed by atoms with Crippen molar-refractivity contribution in [3.8, 4) is 0 Å². The van der Waals surface area contributed by atoms with Gasteiger partial charge in [-0.25, -0.2) is 0 Å². The Morgan fingerprint density at radius 2 is 1.90 bits per heavy atom. The zero-order valence-corrected chi connectivity index (χ0v) is 18.6. The van der Waals surface area contributed by atoms with Crippen LogP contribution in [-0.2, 0) is 0 Å². The van der Waals surface area contributed by atoms with Crippen molar-refractivity contribution in [3.63, 3.8) is 0 Å². The van der Waals surface area contributed by atoms with Crippen LogP contribution in [0.3, 0.4) is 0 Å². The van der Waals surface area contributed by atoms with E-state index in [-0.39, 0.29) is 30.1 Å². The molecule has 0 unspecified atom stereocenters. The maximum Gasteiger partial charge on any atom is 0.391 e. The van der Waals surface area contributed by atoms with Gasteiger partial charge < -0.3 is 15.5 Å². The molecule has 3 rings (SSSR count). The van der Waals surface area contributed by atoms with Gasteiger partial charge in [0, 0.05) is 27.2 Å². The molecular weight excluding hydrogens is 405 g/mol. The number of rotatable bonds is 8. The lowest BCUT2D eigenvalue weighted by atomic mass is 9.81. The maximum atomic E-state index is 13.1. The molecule has 0 heterocycles. The molecule has 0 saturated heterocycles. The van der Waals surface area contributed by atoms with Crippen LogP contribution in [0.2, 0.25) is 0 Å². The number of benzene rings is 1. The summed E-state index contributed by atoms with van der Waals surface area (Å²) in [4.78, 5) is 19.2. The van der Waals surface area contributed by atoms with E-state index >= 15 is 0 Å². The van der Waals surface area contributed by atoms with Crippen molar-refractivity contribution >= 4 is 29.7 Å². The first kappa shape index (κ1) is 23.4. The van der Waals surface area contributed by atoms with Crippen molar-refractivity contribution in [1.29, 1.82) is 0 Å². The highest BCUT2D eigenvalue weighted by Crippen LogP contribution is 2.46. The molecule has 2 aliphatic rings. The molecule has 5 nitrogen and oxygen atoms in total. The Morgan fingerprint density at radius 1 is 1.26 bits per heavy atom. The molecule has 0 radical (unpaired) electrons. The van der Waals surface area contributed by atoms with Crippen molar-refractivity contribution in [3.05, 3.63) is 17.7 Å². The Hall–Kier alpha value is -2.25. The molecule has 172 valence electrons. The molecule has 1 aromatic rings. The molecule has 0 aliphatic heterocycles. The number of carbonyl (C=O) groups excluding carboxylic acids is 1. The van der Waals surface area contributed by atoms with Crippen LogP contribution < -0.4 is 15.5 Å². The Morgan fingerprint density at radius 3 is 2.42 bits per heavy atom. The van der Waals surface area contributed by atoms with Crippen molar-refractivity contribution in [2.75, 3.05) is 37.4 Å². The molecule has 2 N–H and O–H groups in total. The van der Waals surface area contributed by atoms with E-state index in [2.05, 4.69) is 34.2 Å². The van der Waals surface area contributed by atoms with Crippen molar-refractivity contribution in [1.82, 2.24) is 5.32 Å². The third-order valence-corrected chi connectivity index (χ3v) is 6.79. The van der Waals surface area contributed by atoms with E-state index < -0.39 is 12.1 Å². The molecule has 1 amide bonds. The number of anilines is 2. The highest BCUT2D eigenvalue weighted by atomic mass is 19.4. The van der Waals surface area contributed by atoms with E-state index in [0.29, 0.717) is 30.6 Å². The molecule has 0 atom stereocenters. The zero-order valence-electron chi connectivity index (χ0n) is 18.6. The fraction of sp³-hybridized carbons (Fsp3) is 0.652. The second-order valence-electron chi connectivity index (χ2n) is 9.43. The van der Waals surface area contributed by atoms with Gasteiger partial charge in [0.25, 0.3) is 5.91 Å². The number of aliphatic imine (C=N–C) groups is 1. The standard InChI is InChI=1S/C23H33F3N4O/c1-22(9-10-22)14-30(4)20-12-19(28-3)18(27-2)11-17(20)21(31)29-13-15-5-7-16(8-6-15)23(24,25)26/h11-12,15-16,28H,2,5-10,13-14H2,1,3-4H3,(H,29,31). The molecule has 2 aliphatic carbocycles. The van der Waals surface area contributed by atoms with Gasteiger partial charge in [-0.15, -0.1) is 0 Å². The smallest absolute Gasteiger partial charge is 0.386 e. The van der Waals surface area contributed by atoms with Gasteiger partial charge in [-0.05, 0) is 68.7 Å². The van der Waals surface area contributed by atoms with Gasteiger partial charge in [-0.2, -0.15) is 13.2 Å². The second kappa shape index (κ2) is 9.09. The molecule has 2 fully saturated rings. The summed E-state index contributed by atoms with van der Waals surface area (Å²) in [5.41, 5.74) is 2.97. The summed E-state index contributed by atoms with van der Waals surface area (Å²) in [6.45, 7) is 7.07. The Kier molecular flexibility index (Phi) is 6.86. The highest BCUT2D eigenvalue weighted by molar-refractivity contribution is 6.02. The molecule has 0 bridgehead atoms. The molecule has 0 spiro atoms. The first-order valence-corrected chi connectivity index (χ1v) is 10.9. The Balaban J connectivity index is 1.71. The van der Waals surface area contributed by atoms with Crippen LogP contribution in [0.5, 0.6) is 0 Å². The minimum atomic E-state index is -4.12. The van der Waals surface area contributed by atoms with Gasteiger partial charge in [0.1, 0.15) is 0 Å². The summed E-state index contributed by atoms with van der Waals surface area (Å²) >= 11 is 0. The number of hydrogen-bond acceptors (Lipinski definition) is 4. The van der Waals surface area contributed by atoms with Crippen LogP contribution in [-0.4, -0.2) is 46.0 Å². The topological polar surface area (TPSA) is 56.7 Å². The normalized spacial score (nSPS) is 22.5. The number of nitrogens with one attached hydrogen (secondary N) is 2. The van der Waals surface area contributed by atoms with E-state index in [1.807, 2.05) is 13.1 Å². The molecule has 1 aromatic carbocycles. The number of amides is 1. The van der Waals surface area contributed by atoms with Gasteiger partial charge in [-0.1, -0.05) is 6.92 Å². The molecular formula is C23H33F3N4O. The summed E-state index contributed by atoms with van der Waals surface area (Å²) in [6, 6.07) is 3.65. The van der Waals surface area contributed by atoms with Crippen molar-refractivity contribution in [2.45, 2.75) is 51.6 Å². The van der Waals surface area contributed by atoms with E-state index in [9.17, 15) is 18.0 Å². The largest absolute Gasteiger partial charge is 0.391 e. The quantitative estimate of drug-likeness (QED) is 0.535. The fourth-order valence-electron chi connectivity index (χ4n) is 4.46. The first-order valence-electron chi connectivity index (χ1n) is 10.9. The van der Waals surface area contributed by atoms with E-state index in [1.54, 1.807) is 13.1 Å². The van der Waals surface area contributed by atoms with Crippen LogP contribution in [0.15, 0.2) is 17.1 Å². The first-order chi connectivity index (χ1) is 14.6. The van der Waals surface area contributed by atoms with Gasteiger partial charge in [0.15, 0.2) is 0 Å². The van der Waals surface area contributed by atoms with Crippen molar-refractivity contribution < 1.29 is 18.0 Å². The second-order valence-corrected chi connectivity index (χ2v) is 9.43. The van der Waals surface area contributed by atoms with Crippen LogP contribution in [0.25, 0.3) is 0 Å². The minimum Gasteiger partial charge on any atom is -0.386 e. The predicted octanol–water partition coefficient (Wildman–Crippen LogP) is 5.40. The number of hydrogen-bond donors (Lipinski definition) is 2. The number of alkyl halides is 3. The van der Waals surface area contributed by atoms with Gasteiger partial charge in [0.05, 0.1) is 28.5 Å². The van der Waals surface area contributed by atoms with E-state index in [0.717, 1.165) is 17.9 Å². The summed E-state index contributed by atoms with van der Waals surface area (Å²) in [5, 5.41) is 6.06. The van der Waals surface area contributed by atoms with Crippen LogP contribution in [0.1, 0.15) is 55.8 Å². The minimum absolute atomic E-state index is 0.0719.